The van der Waals surface area contributed by atoms with Crippen LogP contribution in [0.4, 0.5) is 0 Å². The summed E-state index contributed by atoms with van der Waals surface area (Å²) in [6.45, 7) is 2.04. The van der Waals surface area contributed by atoms with Crippen LogP contribution in [-0.2, 0) is 0 Å². The van der Waals surface area contributed by atoms with E-state index in [0.29, 0.717) is 4.99 Å². The Morgan fingerprint density at radius 2 is 1.41 bits per heavy atom. The van der Waals surface area contributed by atoms with E-state index in [4.69, 9.17) is 22.7 Å². The molecule has 2 rings (SSSR count). The third kappa shape index (κ3) is 3.04. The fourth-order valence-electron chi connectivity index (χ4n) is 1.43. The van der Waals surface area contributed by atoms with E-state index in [1.165, 1.54) is 5.56 Å². The predicted octanol–water partition coefficient (Wildman–Crippen LogP) is 3.42. The van der Waals surface area contributed by atoms with Crippen molar-refractivity contribution in [1.82, 2.24) is 0 Å². The van der Waals surface area contributed by atoms with E-state index in [9.17, 15) is 0 Å². The van der Waals surface area contributed by atoms with Crippen molar-refractivity contribution in [3.8, 4) is 11.5 Å². The molecule has 0 aliphatic carbocycles. The third-order valence-corrected chi connectivity index (χ3v) is 2.63. The second-order valence-corrected chi connectivity index (χ2v) is 4.24. The van der Waals surface area contributed by atoms with E-state index < -0.39 is 0 Å². The largest absolute Gasteiger partial charge is 0.457 e. The van der Waals surface area contributed by atoms with Gasteiger partial charge in [0.1, 0.15) is 16.5 Å². The van der Waals surface area contributed by atoms with Crippen LogP contribution >= 0.6 is 12.2 Å². The molecule has 3 heteroatoms. The number of aryl methyl sites for hydroxylation is 1. The van der Waals surface area contributed by atoms with Gasteiger partial charge >= 0.3 is 0 Å². The molecule has 0 spiro atoms. The zero-order valence-electron chi connectivity index (χ0n) is 9.51. The molecule has 0 atom stereocenters. The molecule has 0 radical (unpaired) electrons. The first-order valence-corrected chi connectivity index (χ1v) is 5.70. The summed E-state index contributed by atoms with van der Waals surface area (Å²) in [5, 5.41) is 0. The maximum atomic E-state index is 5.68. The number of ether oxygens (including phenoxy) is 1. The lowest BCUT2D eigenvalue weighted by Crippen LogP contribution is -2.08. The van der Waals surface area contributed by atoms with Gasteiger partial charge in [-0.05, 0) is 43.3 Å². The van der Waals surface area contributed by atoms with Crippen LogP contribution in [0.2, 0.25) is 0 Å². The highest BCUT2D eigenvalue weighted by molar-refractivity contribution is 7.80. The number of benzene rings is 2. The van der Waals surface area contributed by atoms with Gasteiger partial charge in [-0.3, -0.25) is 0 Å². The molecule has 0 aromatic heterocycles. The average Bonchev–Trinajstić information content (AvgIpc) is 2.33. The molecule has 0 bridgehead atoms. The van der Waals surface area contributed by atoms with Crippen molar-refractivity contribution in [1.29, 1.82) is 0 Å². The Kier molecular flexibility index (Phi) is 3.40. The van der Waals surface area contributed by atoms with Gasteiger partial charge in [-0.25, -0.2) is 0 Å². The summed E-state index contributed by atoms with van der Waals surface area (Å²) in [6, 6.07) is 15.3. The van der Waals surface area contributed by atoms with Crippen molar-refractivity contribution in [3.05, 3.63) is 59.7 Å². The summed E-state index contributed by atoms with van der Waals surface area (Å²) in [7, 11) is 0. The first-order valence-electron chi connectivity index (χ1n) is 5.29. The Morgan fingerprint density at radius 3 is 1.88 bits per heavy atom. The molecule has 2 N–H and O–H groups in total. The van der Waals surface area contributed by atoms with E-state index in [-0.39, 0.29) is 0 Å². The lowest BCUT2D eigenvalue weighted by molar-refractivity contribution is 0.482. The van der Waals surface area contributed by atoms with Crippen LogP contribution in [0.25, 0.3) is 0 Å². The SMILES string of the molecule is Cc1ccc(Oc2ccc(C(N)=S)cc2)cc1. The normalized spacial score (nSPS) is 9.94. The van der Waals surface area contributed by atoms with E-state index >= 15 is 0 Å². The molecule has 0 unspecified atom stereocenters. The van der Waals surface area contributed by atoms with Crippen molar-refractivity contribution in [2.75, 3.05) is 0 Å². The lowest BCUT2D eigenvalue weighted by Gasteiger charge is -2.06. The standard InChI is InChI=1S/C14H13NOS/c1-10-2-6-12(7-3-10)16-13-8-4-11(5-9-13)14(15)17/h2-9H,1H3,(H2,15,17). The number of hydrogen-bond acceptors (Lipinski definition) is 2. The van der Waals surface area contributed by atoms with Gasteiger partial charge in [-0.15, -0.1) is 0 Å². The molecule has 0 amide bonds. The maximum Gasteiger partial charge on any atom is 0.127 e. The molecule has 86 valence electrons. The fraction of sp³-hybridized carbons (Fsp3) is 0.0714. The molecule has 17 heavy (non-hydrogen) atoms. The minimum atomic E-state index is 0.395. The van der Waals surface area contributed by atoms with Crippen LogP contribution in [-0.4, -0.2) is 4.99 Å². The second-order valence-electron chi connectivity index (χ2n) is 3.80. The smallest absolute Gasteiger partial charge is 0.127 e. The van der Waals surface area contributed by atoms with Gasteiger partial charge in [0.05, 0.1) is 0 Å². The van der Waals surface area contributed by atoms with Gasteiger partial charge in [0.2, 0.25) is 0 Å². The van der Waals surface area contributed by atoms with E-state index in [2.05, 4.69) is 0 Å². The van der Waals surface area contributed by atoms with Crippen molar-refractivity contribution >= 4 is 17.2 Å². The van der Waals surface area contributed by atoms with Crippen LogP contribution < -0.4 is 10.5 Å². The number of thiocarbonyl (C=S) groups is 1. The van der Waals surface area contributed by atoms with Gasteiger partial charge in [-0.2, -0.15) is 0 Å². The Labute approximate surface area is 106 Å². The molecular formula is C14H13NOS. The van der Waals surface area contributed by atoms with E-state index in [0.717, 1.165) is 17.1 Å². The lowest BCUT2D eigenvalue weighted by atomic mass is 10.2. The topological polar surface area (TPSA) is 35.2 Å². The van der Waals surface area contributed by atoms with Crippen LogP contribution in [0.5, 0.6) is 11.5 Å². The zero-order valence-corrected chi connectivity index (χ0v) is 10.3. The molecule has 0 saturated heterocycles. The molecular weight excluding hydrogens is 230 g/mol. The summed E-state index contributed by atoms with van der Waals surface area (Å²) < 4.78 is 5.68. The highest BCUT2D eigenvalue weighted by Crippen LogP contribution is 2.21. The first kappa shape index (κ1) is 11.6. The Morgan fingerprint density at radius 1 is 0.941 bits per heavy atom. The summed E-state index contributed by atoms with van der Waals surface area (Å²) >= 11 is 4.89. The van der Waals surface area contributed by atoms with Gasteiger partial charge in [0.15, 0.2) is 0 Å². The van der Waals surface area contributed by atoms with Crippen LogP contribution in [0.15, 0.2) is 48.5 Å². The quantitative estimate of drug-likeness (QED) is 0.839. The molecule has 0 aliphatic heterocycles. The van der Waals surface area contributed by atoms with Gasteiger partial charge in [0.25, 0.3) is 0 Å². The van der Waals surface area contributed by atoms with Crippen LogP contribution in [0, 0.1) is 6.92 Å². The van der Waals surface area contributed by atoms with Crippen LogP contribution in [0.1, 0.15) is 11.1 Å². The third-order valence-electron chi connectivity index (χ3n) is 2.40. The average molecular weight is 243 g/mol. The van der Waals surface area contributed by atoms with E-state index in [1.54, 1.807) is 0 Å². The minimum absolute atomic E-state index is 0.395. The highest BCUT2D eigenvalue weighted by Gasteiger charge is 1.99. The number of nitrogens with two attached hydrogens (primary N) is 1. The minimum Gasteiger partial charge on any atom is -0.457 e. The maximum absolute atomic E-state index is 5.68. The molecule has 2 aromatic carbocycles. The van der Waals surface area contributed by atoms with Crippen LogP contribution in [0.3, 0.4) is 0 Å². The summed E-state index contributed by atoms with van der Waals surface area (Å²) in [5.74, 6) is 1.59. The van der Waals surface area contributed by atoms with Gasteiger partial charge < -0.3 is 10.5 Å². The van der Waals surface area contributed by atoms with Crippen molar-refractivity contribution in [3.63, 3.8) is 0 Å². The molecule has 2 aromatic rings. The number of hydrogen-bond donors (Lipinski definition) is 1. The summed E-state index contributed by atoms with van der Waals surface area (Å²) in [6.07, 6.45) is 0. The predicted molar refractivity (Wildman–Crippen MR) is 73.6 cm³/mol. The second kappa shape index (κ2) is 4.97. The first-order chi connectivity index (χ1) is 8.15. The molecule has 0 saturated carbocycles. The van der Waals surface area contributed by atoms with Crippen molar-refractivity contribution in [2.24, 2.45) is 5.73 Å². The highest BCUT2D eigenvalue weighted by atomic mass is 32.1. The molecule has 2 nitrogen and oxygen atoms in total. The Hall–Kier alpha value is -1.87. The fourth-order valence-corrected chi connectivity index (χ4v) is 1.57. The van der Waals surface area contributed by atoms with Crippen molar-refractivity contribution in [2.45, 2.75) is 6.92 Å². The van der Waals surface area contributed by atoms with E-state index in [1.807, 2.05) is 55.5 Å². The van der Waals surface area contributed by atoms with Gasteiger partial charge in [-0.1, -0.05) is 29.9 Å². The summed E-state index contributed by atoms with van der Waals surface area (Å²) in [4.78, 5) is 0.395. The van der Waals surface area contributed by atoms with Gasteiger partial charge in [0, 0.05) is 5.56 Å². The Balaban J connectivity index is 2.13. The number of rotatable bonds is 3. The monoisotopic (exact) mass is 243 g/mol. The molecule has 0 heterocycles. The summed E-state index contributed by atoms with van der Waals surface area (Å²) in [5.41, 5.74) is 7.58. The molecule has 0 fully saturated rings. The Bertz CT molecular complexity index is 517. The molecule has 0 aliphatic rings. The zero-order chi connectivity index (χ0) is 12.3. The van der Waals surface area contributed by atoms with Crippen molar-refractivity contribution < 1.29 is 4.74 Å².